The standard InChI is InChI=1S/C19H23N3O3S.C16H18N2O3S/c1-6-25-18(23)16-15(11-12-22(2)3)20-19(26-5)21-17(16)13-7-9-14(24-4)10-8-13;1-5-21-15(19)13-10(2)17-16(22-4)18-14(13)11-6-8-12(20-3)9-7-11/h7-12H,6H2,1-5H3;6-9H,5H2,1-4H3/b12-11+;. The number of hydrogen-bond acceptors (Lipinski definition) is 13. The van der Waals surface area contributed by atoms with Gasteiger partial charge in [-0.15, -0.1) is 0 Å². The van der Waals surface area contributed by atoms with E-state index in [1.165, 1.54) is 23.5 Å². The molecule has 4 aromatic rings. The van der Waals surface area contributed by atoms with Crippen LogP contribution in [0.5, 0.6) is 11.5 Å². The third-order valence-corrected chi connectivity index (χ3v) is 7.66. The summed E-state index contributed by atoms with van der Waals surface area (Å²) < 4.78 is 20.8. The van der Waals surface area contributed by atoms with E-state index >= 15 is 0 Å². The second kappa shape index (κ2) is 18.6. The van der Waals surface area contributed by atoms with Crippen LogP contribution in [0.2, 0.25) is 0 Å². The molecule has 11 nitrogen and oxygen atoms in total. The van der Waals surface area contributed by atoms with Crippen molar-refractivity contribution in [2.45, 2.75) is 31.1 Å². The number of carbonyl (C=O) groups is 2. The van der Waals surface area contributed by atoms with Crippen LogP contribution in [0.1, 0.15) is 46.0 Å². The van der Waals surface area contributed by atoms with Gasteiger partial charge in [0, 0.05) is 31.4 Å². The Kier molecular flexibility index (Phi) is 14.7. The SMILES string of the molecule is CCOC(=O)c1c(/C=C/N(C)C)nc(SC)nc1-c1ccc(OC)cc1.CCOC(=O)c1c(C)nc(SC)nc1-c1ccc(OC)cc1. The van der Waals surface area contributed by atoms with Crippen molar-refractivity contribution in [3.63, 3.8) is 0 Å². The Bertz CT molecular complexity index is 1710. The van der Waals surface area contributed by atoms with Gasteiger partial charge >= 0.3 is 11.9 Å². The van der Waals surface area contributed by atoms with E-state index in [2.05, 4.69) is 19.9 Å². The van der Waals surface area contributed by atoms with Crippen molar-refractivity contribution in [2.75, 3.05) is 54.0 Å². The first-order valence-electron chi connectivity index (χ1n) is 15.0. The predicted octanol–water partition coefficient (Wildman–Crippen LogP) is 6.94. The molecule has 48 heavy (non-hydrogen) atoms. The highest BCUT2D eigenvalue weighted by Crippen LogP contribution is 2.30. The summed E-state index contributed by atoms with van der Waals surface area (Å²) in [4.78, 5) is 44.7. The van der Waals surface area contributed by atoms with E-state index < -0.39 is 11.9 Å². The second-order valence-corrected chi connectivity index (χ2v) is 11.6. The maximum atomic E-state index is 12.6. The zero-order valence-corrected chi connectivity index (χ0v) is 30.3. The number of methoxy groups -OCH3 is 2. The lowest BCUT2D eigenvalue weighted by molar-refractivity contribution is 0.0515. The van der Waals surface area contributed by atoms with Gasteiger partial charge in [0.2, 0.25) is 0 Å². The fourth-order valence-corrected chi connectivity index (χ4v) is 5.08. The molecule has 0 amide bonds. The molecular formula is C35H41N5O6S2. The van der Waals surface area contributed by atoms with E-state index in [9.17, 15) is 9.59 Å². The van der Waals surface area contributed by atoms with Crippen LogP contribution in [0.3, 0.4) is 0 Å². The van der Waals surface area contributed by atoms with Gasteiger partial charge in [-0.1, -0.05) is 23.5 Å². The fraction of sp³-hybridized carbons (Fsp3) is 0.314. The number of aryl methyl sites for hydroxylation is 1. The summed E-state index contributed by atoms with van der Waals surface area (Å²) in [6.45, 7) is 5.93. The van der Waals surface area contributed by atoms with Crippen LogP contribution in [0.15, 0.2) is 65.0 Å². The van der Waals surface area contributed by atoms with E-state index in [-0.39, 0.29) is 6.61 Å². The van der Waals surface area contributed by atoms with Gasteiger partial charge in [0.1, 0.15) is 22.6 Å². The molecule has 2 aromatic carbocycles. The number of rotatable bonds is 12. The Morgan fingerprint density at radius 3 is 1.56 bits per heavy atom. The molecule has 0 fully saturated rings. The molecule has 0 aliphatic rings. The molecule has 0 aliphatic carbocycles. The average molecular weight is 692 g/mol. The smallest absolute Gasteiger partial charge is 0.342 e. The topological polar surface area (TPSA) is 126 Å². The van der Waals surface area contributed by atoms with Crippen LogP contribution in [0.4, 0.5) is 0 Å². The summed E-state index contributed by atoms with van der Waals surface area (Å²) in [6, 6.07) is 14.8. The second-order valence-electron chi connectivity index (χ2n) is 10.0. The highest BCUT2D eigenvalue weighted by atomic mass is 32.2. The largest absolute Gasteiger partial charge is 0.497 e. The van der Waals surface area contributed by atoms with Crippen LogP contribution in [0.25, 0.3) is 28.6 Å². The van der Waals surface area contributed by atoms with Gasteiger partial charge in [-0.25, -0.2) is 29.5 Å². The molecule has 0 bridgehead atoms. The zero-order valence-electron chi connectivity index (χ0n) is 28.7. The number of benzene rings is 2. The highest BCUT2D eigenvalue weighted by molar-refractivity contribution is 7.98. The van der Waals surface area contributed by atoms with Crippen LogP contribution in [0, 0.1) is 6.92 Å². The Morgan fingerprint density at radius 2 is 1.15 bits per heavy atom. The molecule has 4 rings (SSSR count). The fourth-order valence-electron chi connectivity index (χ4n) is 4.29. The van der Waals surface area contributed by atoms with Gasteiger partial charge in [0.15, 0.2) is 10.3 Å². The number of ether oxygens (including phenoxy) is 4. The van der Waals surface area contributed by atoms with E-state index in [4.69, 9.17) is 18.9 Å². The lowest BCUT2D eigenvalue weighted by Crippen LogP contribution is -2.13. The monoisotopic (exact) mass is 691 g/mol. The number of carbonyl (C=O) groups excluding carboxylic acids is 2. The van der Waals surface area contributed by atoms with Crippen molar-refractivity contribution in [3.8, 4) is 34.0 Å². The molecule has 0 unspecified atom stereocenters. The third kappa shape index (κ3) is 9.94. The maximum absolute atomic E-state index is 12.6. The van der Waals surface area contributed by atoms with Gasteiger partial charge in [0.05, 0.1) is 50.2 Å². The summed E-state index contributed by atoms with van der Waals surface area (Å²) in [7, 11) is 7.03. The number of nitrogens with zero attached hydrogens (tertiary/aromatic N) is 5. The number of aromatic nitrogens is 4. The van der Waals surface area contributed by atoms with Gasteiger partial charge in [0.25, 0.3) is 0 Å². The molecule has 254 valence electrons. The van der Waals surface area contributed by atoms with Crippen molar-refractivity contribution >= 4 is 41.5 Å². The molecule has 2 aromatic heterocycles. The van der Waals surface area contributed by atoms with Gasteiger partial charge < -0.3 is 23.8 Å². The van der Waals surface area contributed by atoms with E-state index in [1.807, 2.05) is 86.2 Å². The lowest BCUT2D eigenvalue weighted by Gasteiger charge is -2.13. The van der Waals surface area contributed by atoms with Crippen molar-refractivity contribution in [1.29, 1.82) is 0 Å². The van der Waals surface area contributed by atoms with Crippen molar-refractivity contribution in [3.05, 3.63) is 77.2 Å². The van der Waals surface area contributed by atoms with Crippen LogP contribution in [-0.2, 0) is 9.47 Å². The number of esters is 2. The molecule has 2 heterocycles. The first kappa shape index (κ1) is 37.8. The number of thioether (sulfide) groups is 2. The van der Waals surface area contributed by atoms with Gasteiger partial charge in [-0.05, 0) is 87.9 Å². The summed E-state index contributed by atoms with van der Waals surface area (Å²) in [6.07, 6.45) is 7.43. The maximum Gasteiger partial charge on any atom is 0.342 e. The summed E-state index contributed by atoms with van der Waals surface area (Å²) in [5, 5.41) is 1.21. The highest BCUT2D eigenvalue weighted by Gasteiger charge is 2.23. The summed E-state index contributed by atoms with van der Waals surface area (Å²) in [5.41, 5.74) is 4.65. The van der Waals surface area contributed by atoms with Crippen LogP contribution < -0.4 is 9.47 Å². The normalized spacial score (nSPS) is 10.6. The Labute approximate surface area is 290 Å². The van der Waals surface area contributed by atoms with E-state index in [1.54, 1.807) is 41.1 Å². The summed E-state index contributed by atoms with van der Waals surface area (Å²) >= 11 is 2.86. The number of hydrogen-bond donors (Lipinski definition) is 0. The van der Waals surface area contributed by atoms with Crippen LogP contribution >= 0.6 is 23.5 Å². The Morgan fingerprint density at radius 1 is 0.708 bits per heavy atom. The van der Waals surface area contributed by atoms with Crippen molar-refractivity contribution < 1.29 is 28.5 Å². The summed E-state index contributed by atoms with van der Waals surface area (Å²) in [5.74, 6) is 0.637. The third-order valence-electron chi connectivity index (χ3n) is 6.57. The minimum atomic E-state index is -0.440. The molecule has 0 saturated carbocycles. The molecular weight excluding hydrogens is 651 g/mol. The lowest BCUT2D eigenvalue weighted by atomic mass is 10.0. The molecule has 0 aliphatic heterocycles. The molecule has 0 saturated heterocycles. The molecule has 0 spiro atoms. The quantitative estimate of drug-likeness (QED) is 0.0866. The predicted molar refractivity (Wildman–Crippen MR) is 191 cm³/mol. The van der Waals surface area contributed by atoms with Gasteiger partial charge in [-0.3, -0.25) is 0 Å². The van der Waals surface area contributed by atoms with Crippen LogP contribution in [-0.4, -0.2) is 90.8 Å². The van der Waals surface area contributed by atoms with Crippen molar-refractivity contribution in [2.24, 2.45) is 0 Å². The molecule has 0 atom stereocenters. The Hall–Kier alpha value is -4.62. The first-order chi connectivity index (χ1) is 23.1. The molecule has 0 N–H and O–H groups in total. The average Bonchev–Trinajstić information content (AvgIpc) is 3.10. The molecule has 0 radical (unpaired) electrons. The minimum absolute atomic E-state index is 0.280. The van der Waals surface area contributed by atoms with Crippen molar-refractivity contribution in [1.82, 2.24) is 24.8 Å². The minimum Gasteiger partial charge on any atom is -0.497 e. The Balaban J connectivity index is 0.000000264. The van der Waals surface area contributed by atoms with E-state index in [0.717, 1.165) is 22.6 Å². The molecule has 13 heteroatoms. The first-order valence-corrected chi connectivity index (χ1v) is 17.4. The van der Waals surface area contributed by atoms with Gasteiger partial charge in [-0.2, -0.15) is 0 Å². The van der Waals surface area contributed by atoms with E-state index in [0.29, 0.717) is 50.8 Å². The zero-order chi connectivity index (χ0) is 35.2.